The first-order valence-corrected chi connectivity index (χ1v) is 12.4. The van der Waals surface area contributed by atoms with Crippen molar-refractivity contribution in [2.24, 2.45) is 0 Å². The molecule has 1 fully saturated rings. The van der Waals surface area contributed by atoms with Crippen LogP contribution < -0.4 is 15.5 Å². The number of sulfonamides is 1. The van der Waals surface area contributed by atoms with Gasteiger partial charge in [0.2, 0.25) is 0 Å². The van der Waals surface area contributed by atoms with Gasteiger partial charge in [0.05, 0.1) is 31.5 Å². The predicted octanol–water partition coefficient (Wildman–Crippen LogP) is 2.68. The minimum Gasteiger partial charge on any atom is -0.377 e. The van der Waals surface area contributed by atoms with E-state index in [1.807, 2.05) is 11.8 Å². The summed E-state index contributed by atoms with van der Waals surface area (Å²) in [5.41, 5.74) is -3.74. The molecule has 1 unspecified atom stereocenters. The lowest BCUT2D eigenvalue weighted by atomic mass is 10.1. The molecule has 1 aromatic heterocycles. The molecular formula is C21H25F3N6O4S. The van der Waals surface area contributed by atoms with Crippen LogP contribution in [0.4, 0.5) is 29.5 Å². The summed E-state index contributed by atoms with van der Waals surface area (Å²) in [5, 5.41) is 5.29. The number of amides is 2. The molecule has 0 aliphatic carbocycles. The number of carbonyl (C=O) groups is 1. The fourth-order valence-electron chi connectivity index (χ4n) is 3.97. The van der Waals surface area contributed by atoms with Crippen LogP contribution in [0.5, 0.6) is 0 Å². The third-order valence-corrected chi connectivity index (χ3v) is 7.26. The van der Waals surface area contributed by atoms with Gasteiger partial charge in [-0.25, -0.2) is 23.2 Å². The van der Waals surface area contributed by atoms with E-state index in [1.54, 1.807) is 31.2 Å². The van der Waals surface area contributed by atoms with E-state index in [0.29, 0.717) is 53.2 Å². The number of urea groups is 1. The van der Waals surface area contributed by atoms with E-state index in [9.17, 15) is 26.4 Å². The van der Waals surface area contributed by atoms with Crippen LogP contribution in [0.15, 0.2) is 24.3 Å². The van der Waals surface area contributed by atoms with Gasteiger partial charge in [-0.15, -0.1) is 0 Å². The zero-order chi connectivity index (χ0) is 25.4. The summed E-state index contributed by atoms with van der Waals surface area (Å²) in [4.78, 5) is 22.7. The van der Waals surface area contributed by atoms with E-state index in [0.717, 1.165) is 0 Å². The van der Waals surface area contributed by atoms with Crippen LogP contribution >= 0.6 is 0 Å². The summed E-state index contributed by atoms with van der Waals surface area (Å²) in [5.74, 6) is 0.637. The minimum absolute atomic E-state index is 0.118. The van der Waals surface area contributed by atoms with E-state index in [-0.39, 0.29) is 23.6 Å². The number of nitrogens with one attached hydrogen (secondary N) is 2. The summed E-state index contributed by atoms with van der Waals surface area (Å²) >= 11 is 0. The highest BCUT2D eigenvalue weighted by atomic mass is 32.2. The van der Waals surface area contributed by atoms with Gasteiger partial charge < -0.3 is 20.3 Å². The SMILES string of the molecule is CCNC(=O)Nc1ccc(-c2nc3c(c(N4CCOCC4C)n2)CN(S(=O)(=O)C(F)(F)F)C3)cc1. The molecule has 2 aliphatic heterocycles. The van der Waals surface area contributed by atoms with E-state index in [2.05, 4.69) is 20.6 Å². The maximum absolute atomic E-state index is 13.2. The van der Waals surface area contributed by atoms with Crippen molar-refractivity contribution < 1.29 is 31.1 Å². The number of hydrogen-bond acceptors (Lipinski definition) is 7. The molecule has 0 radical (unpaired) electrons. The zero-order valence-electron chi connectivity index (χ0n) is 19.1. The third kappa shape index (κ3) is 5.04. The number of halogens is 3. The lowest BCUT2D eigenvalue weighted by Gasteiger charge is -2.35. The average Bonchev–Trinajstić information content (AvgIpc) is 3.24. The van der Waals surface area contributed by atoms with Crippen LogP contribution in [-0.4, -0.2) is 66.6 Å². The Bertz CT molecular complexity index is 1210. The zero-order valence-corrected chi connectivity index (χ0v) is 19.9. The Hall–Kier alpha value is -2.97. The molecule has 35 heavy (non-hydrogen) atoms. The lowest BCUT2D eigenvalue weighted by molar-refractivity contribution is -0.0490. The first kappa shape index (κ1) is 25.1. The molecule has 14 heteroatoms. The summed E-state index contributed by atoms with van der Waals surface area (Å²) in [7, 11) is -5.53. The van der Waals surface area contributed by atoms with E-state index in [1.165, 1.54) is 0 Å². The molecule has 190 valence electrons. The number of hydrogen-bond donors (Lipinski definition) is 2. The Morgan fingerprint density at radius 3 is 2.54 bits per heavy atom. The van der Waals surface area contributed by atoms with Crippen LogP contribution in [0.25, 0.3) is 11.4 Å². The lowest BCUT2D eigenvalue weighted by Crippen LogP contribution is -2.44. The second-order valence-electron chi connectivity index (χ2n) is 8.19. The summed E-state index contributed by atoms with van der Waals surface area (Å²) in [6.07, 6.45) is 0. The van der Waals surface area contributed by atoms with Gasteiger partial charge >= 0.3 is 21.6 Å². The van der Waals surface area contributed by atoms with Crippen molar-refractivity contribution in [3.05, 3.63) is 35.5 Å². The quantitative estimate of drug-likeness (QED) is 0.630. The number of ether oxygens (including phenoxy) is 1. The second-order valence-corrected chi connectivity index (χ2v) is 10.1. The molecule has 0 saturated carbocycles. The number of fused-ring (bicyclic) bond motifs is 1. The predicted molar refractivity (Wildman–Crippen MR) is 122 cm³/mol. The normalized spacial score (nSPS) is 18.9. The van der Waals surface area contributed by atoms with E-state index >= 15 is 0 Å². The Morgan fingerprint density at radius 2 is 1.91 bits per heavy atom. The van der Waals surface area contributed by atoms with Crippen LogP contribution in [0.1, 0.15) is 25.1 Å². The van der Waals surface area contributed by atoms with Crippen molar-refractivity contribution >= 4 is 27.6 Å². The summed E-state index contributed by atoms with van der Waals surface area (Å²) < 4.78 is 69.7. The highest BCUT2D eigenvalue weighted by Gasteiger charge is 2.52. The van der Waals surface area contributed by atoms with Crippen molar-refractivity contribution in [3.8, 4) is 11.4 Å². The second kappa shape index (κ2) is 9.59. The topological polar surface area (TPSA) is 117 Å². The third-order valence-electron chi connectivity index (χ3n) is 5.74. The molecular weight excluding hydrogens is 489 g/mol. The molecule has 4 rings (SSSR count). The summed E-state index contributed by atoms with van der Waals surface area (Å²) in [6.45, 7) is 4.45. The van der Waals surface area contributed by atoms with Crippen molar-refractivity contribution in [2.75, 3.05) is 36.5 Å². The van der Waals surface area contributed by atoms with Gasteiger partial charge in [0.25, 0.3) is 0 Å². The molecule has 1 saturated heterocycles. The molecule has 2 N–H and O–H groups in total. The van der Waals surface area contributed by atoms with Crippen LogP contribution in [-0.2, 0) is 27.8 Å². The monoisotopic (exact) mass is 514 g/mol. The highest BCUT2D eigenvalue weighted by molar-refractivity contribution is 7.89. The van der Waals surface area contributed by atoms with Crippen molar-refractivity contribution in [3.63, 3.8) is 0 Å². The molecule has 10 nitrogen and oxygen atoms in total. The number of alkyl halides is 3. The first-order chi connectivity index (χ1) is 16.5. The number of rotatable bonds is 5. The molecule has 1 aromatic carbocycles. The fourth-order valence-corrected chi connectivity index (χ4v) is 4.86. The van der Waals surface area contributed by atoms with Gasteiger partial charge in [-0.05, 0) is 38.1 Å². The highest BCUT2D eigenvalue weighted by Crippen LogP contribution is 2.38. The van der Waals surface area contributed by atoms with Gasteiger partial charge in [0.1, 0.15) is 5.82 Å². The van der Waals surface area contributed by atoms with Crippen molar-refractivity contribution in [1.82, 2.24) is 19.6 Å². The Kier molecular flexibility index (Phi) is 6.88. The number of aromatic nitrogens is 2. The number of anilines is 2. The molecule has 3 heterocycles. The van der Waals surface area contributed by atoms with Crippen LogP contribution in [0.2, 0.25) is 0 Å². The summed E-state index contributed by atoms with van der Waals surface area (Å²) in [6, 6.07) is 6.18. The number of benzene rings is 1. The Balaban J connectivity index is 1.71. The van der Waals surface area contributed by atoms with Crippen LogP contribution in [0, 0.1) is 0 Å². The van der Waals surface area contributed by atoms with Crippen LogP contribution in [0.3, 0.4) is 0 Å². The Labute approximate surface area is 200 Å². The van der Waals surface area contributed by atoms with Gasteiger partial charge in [-0.2, -0.15) is 17.5 Å². The number of morpholine rings is 1. The molecule has 1 atom stereocenters. The Morgan fingerprint density at radius 1 is 1.20 bits per heavy atom. The first-order valence-electron chi connectivity index (χ1n) is 11.0. The molecule has 0 bridgehead atoms. The van der Waals surface area contributed by atoms with Crippen molar-refractivity contribution in [1.29, 1.82) is 0 Å². The van der Waals surface area contributed by atoms with Gasteiger partial charge in [0, 0.05) is 36.4 Å². The molecule has 2 aromatic rings. The van der Waals surface area contributed by atoms with E-state index in [4.69, 9.17) is 4.74 Å². The molecule has 2 amide bonds. The fraction of sp³-hybridized carbons (Fsp3) is 0.476. The number of nitrogens with zero attached hydrogens (tertiary/aromatic N) is 4. The maximum Gasteiger partial charge on any atom is 0.511 e. The largest absolute Gasteiger partial charge is 0.511 e. The molecule has 0 spiro atoms. The molecule has 2 aliphatic rings. The maximum atomic E-state index is 13.2. The van der Waals surface area contributed by atoms with Gasteiger partial charge in [-0.1, -0.05) is 0 Å². The minimum atomic E-state index is -5.53. The van der Waals surface area contributed by atoms with Gasteiger partial charge in [-0.3, -0.25) is 0 Å². The smallest absolute Gasteiger partial charge is 0.377 e. The standard InChI is InChI=1S/C21H25F3N6O4S/c1-3-25-20(31)26-15-6-4-14(5-7-15)18-27-17-11-29(35(32,33)21(22,23)24)10-16(17)19(28-18)30-8-9-34-12-13(30)2/h4-7,13H,3,8-12H2,1-2H3,(H2,25,26,31). The van der Waals surface area contributed by atoms with Crippen molar-refractivity contribution in [2.45, 2.75) is 38.5 Å². The number of carbonyl (C=O) groups excluding carboxylic acids is 1. The van der Waals surface area contributed by atoms with E-state index < -0.39 is 28.6 Å². The average molecular weight is 515 g/mol. The van der Waals surface area contributed by atoms with Gasteiger partial charge in [0.15, 0.2) is 5.82 Å².